The summed E-state index contributed by atoms with van der Waals surface area (Å²) in [6.45, 7) is 0. The first-order chi connectivity index (χ1) is 15.6. The Morgan fingerprint density at radius 3 is 1.94 bits per heavy atom. The van der Waals surface area contributed by atoms with Gasteiger partial charge in [-0.05, 0) is 35.7 Å². The van der Waals surface area contributed by atoms with Crippen LogP contribution in [-0.4, -0.2) is 23.9 Å². The van der Waals surface area contributed by atoms with Crippen LogP contribution in [0.2, 0.25) is 10.0 Å². The summed E-state index contributed by atoms with van der Waals surface area (Å²) in [7, 11) is -6.35. The molecule has 12 heteroatoms. The van der Waals surface area contributed by atoms with E-state index in [9.17, 15) is 16.8 Å². The van der Waals surface area contributed by atoms with Crippen LogP contribution in [0.1, 0.15) is 0 Å². The monoisotopic (exact) mass is 541 g/mol. The predicted octanol–water partition coefficient (Wildman–Crippen LogP) is 5.85. The second-order valence-corrected chi connectivity index (χ2v) is 12.2. The lowest BCUT2D eigenvalue weighted by Crippen LogP contribution is -2.17. The van der Waals surface area contributed by atoms with Crippen LogP contribution in [0.25, 0.3) is 10.8 Å². The minimum atomic E-state index is -4.14. The van der Waals surface area contributed by atoms with Gasteiger partial charge in [0.2, 0.25) is 0 Å². The molecule has 3 aromatic carbocycles. The number of fused-ring (bicyclic) bond motifs is 1. The number of benzene rings is 3. The normalized spacial score (nSPS) is 12.0. The van der Waals surface area contributed by atoms with Gasteiger partial charge in [-0.3, -0.25) is 9.44 Å². The molecule has 0 aliphatic heterocycles. The Bertz CT molecular complexity index is 1560. The molecule has 4 aromatic rings. The van der Waals surface area contributed by atoms with Crippen molar-refractivity contribution in [2.75, 3.05) is 21.8 Å². The fourth-order valence-electron chi connectivity index (χ4n) is 3.26. The lowest BCUT2D eigenvalue weighted by molar-refractivity contribution is 0.600. The maximum absolute atomic E-state index is 13.4. The molecule has 1 aromatic heterocycles. The van der Waals surface area contributed by atoms with Crippen LogP contribution in [0.3, 0.4) is 0 Å². The molecule has 33 heavy (non-hydrogen) atoms. The number of anilines is 3. The van der Waals surface area contributed by atoms with Gasteiger partial charge in [0, 0.05) is 23.5 Å². The number of rotatable bonds is 7. The standard InChI is InChI=1S/C21H17Cl2N3O4S3/c1-24-17-7-2-6-14-13(17)5-3-8-20(14)32(27,28)25-18-11-15(22)16(23)12-19(18)26-33(29,30)21-9-4-10-31-21/h2-12,24-26H,1H3. The van der Waals surface area contributed by atoms with Gasteiger partial charge in [-0.15, -0.1) is 11.3 Å². The molecule has 0 aliphatic rings. The molecule has 1 heterocycles. The van der Waals surface area contributed by atoms with Crippen molar-refractivity contribution in [1.29, 1.82) is 0 Å². The molecule has 0 saturated heterocycles. The zero-order chi connectivity index (χ0) is 23.8. The molecule has 0 spiro atoms. The number of nitrogens with one attached hydrogen (secondary N) is 3. The van der Waals surface area contributed by atoms with Crippen LogP contribution in [0.15, 0.2) is 75.1 Å². The topological polar surface area (TPSA) is 104 Å². The van der Waals surface area contributed by atoms with Crippen molar-refractivity contribution < 1.29 is 16.8 Å². The Kier molecular flexibility index (Phi) is 6.47. The second-order valence-electron chi connectivity index (χ2n) is 6.86. The lowest BCUT2D eigenvalue weighted by atomic mass is 10.1. The molecule has 0 saturated carbocycles. The smallest absolute Gasteiger partial charge is 0.271 e. The van der Waals surface area contributed by atoms with Crippen molar-refractivity contribution in [3.05, 3.63) is 76.1 Å². The van der Waals surface area contributed by atoms with Gasteiger partial charge in [0.05, 0.1) is 26.3 Å². The van der Waals surface area contributed by atoms with Crippen molar-refractivity contribution in [2.45, 2.75) is 9.10 Å². The van der Waals surface area contributed by atoms with Crippen molar-refractivity contribution in [3.63, 3.8) is 0 Å². The molecule has 0 unspecified atom stereocenters. The Morgan fingerprint density at radius 2 is 1.33 bits per heavy atom. The number of halogens is 2. The molecule has 4 rings (SSSR count). The third kappa shape index (κ3) is 4.75. The minimum Gasteiger partial charge on any atom is -0.388 e. The van der Waals surface area contributed by atoms with E-state index in [0.29, 0.717) is 5.39 Å². The van der Waals surface area contributed by atoms with Crippen LogP contribution in [0.4, 0.5) is 17.1 Å². The van der Waals surface area contributed by atoms with Crippen LogP contribution >= 0.6 is 34.5 Å². The van der Waals surface area contributed by atoms with Gasteiger partial charge < -0.3 is 5.32 Å². The summed E-state index contributed by atoms with van der Waals surface area (Å²) < 4.78 is 57.1. The van der Waals surface area contributed by atoms with Gasteiger partial charge in [0.25, 0.3) is 20.0 Å². The molecule has 0 aliphatic carbocycles. The highest BCUT2D eigenvalue weighted by Crippen LogP contribution is 2.36. The Labute approximate surface area is 205 Å². The average molecular weight is 542 g/mol. The van der Waals surface area contributed by atoms with Crippen molar-refractivity contribution in [2.24, 2.45) is 0 Å². The van der Waals surface area contributed by atoms with Gasteiger partial charge in [0.15, 0.2) is 0 Å². The van der Waals surface area contributed by atoms with E-state index in [0.717, 1.165) is 22.4 Å². The third-order valence-electron chi connectivity index (χ3n) is 4.75. The number of thiophene rings is 1. The summed E-state index contributed by atoms with van der Waals surface area (Å²) in [4.78, 5) is 0.0234. The maximum Gasteiger partial charge on any atom is 0.271 e. The summed E-state index contributed by atoms with van der Waals surface area (Å²) in [5.41, 5.74) is 0.646. The lowest BCUT2D eigenvalue weighted by Gasteiger charge is -2.16. The van der Waals surface area contributed by atoms with Crippen LogP contribution in [0.5, 0.6) is 0 Å². The van der Waals surface area contributed by atoms with Crippen molar-refractivity contribution in [1.82, 2.24) is 0 Å². The summed E-state index contributed by atoms with van der Waals surface area (Å²) in [6, 6.07) is 15.7. The summed E-state index contributed by atoms with van der Waals surface area (Å²) in [5.74, 6) is 0. The SMILES string of the molecule is CNc1cccc2c(S(=O)(=O)Nc3cc(Cl)c(Cl)cc3NS(=O)(=O)c3cccs3)cccc12. The highest BCUT2D eigenvalue weighted by Gasteiger charge is 2.23. The molecular weight excluding hydrogens is 525 g/mol. The quantitative estimate of drug-likeness (QED) is 0.272. The molecular formula is C21H17Cl2N3O4S3. The highest BCUT2D eigenvalue weighted by molar-refractivity contribution is 7.94. The first-order valence-electron chi connectivity index (χ1n) is 9.40. The highest BCUT2D eigenvalue weighted by atomic mass is 35.5. The molecule has 7 nitrogen and oxygen atoms in total. The van der Waals surface area contributed by atoms with Crippen LogP contribution < -0.4 is 14.8 Å². The molecule has 0 atom stereocenters. The minimum absolute atomic E-state index is 0.0234. The zero-order valence-corrected chi connectivity index (χ0v) is 20.9. The Balaban J connectivity index is 1.80. The van der Waals surface area contributed by atoms with E-state index in [1.54, 1.807) is 42.8 Å². The molecule has 0 radical (unpaired) electrons. The van der Waals surface area contributed by atoms with Crippen LogP contribution in [0, 0.1) is 0 Å². The Morgan fingerprint density at radius 1 is 0.727 bits per heavy atom. The average Bonchev–Trinajstić information content (AvgIpc) is 3.32. The molecule has 0 amide bonds. The van der Waals surface area contributed by atoms with Gasteiger partial charge >= 0.3 is 0 Å². The number of hydrogen-bond acceptors (Lipinski definition) is 6. The van der Waals surface area contributed by atoms with E-state index in [1.807, 2.05) is 6.07 Å². The maximum atomic E-state index is 13.4. The van der Waals surface area contributed by atoms with Gasteiger partial charge in [-0.25, -0.2) is 16.8 Å². The summed E-state index contributed by atoms with van der Waals surface area (Å²) >= 11 is 13.2. The molecule has 0 fully saturated rings. The molecule has 172 valence electrons. The van der Waals surface area contributed by atoms with Gasteiger partial charge in [-0.1, -0.05) is 53.5 Å². The second kappa shape index (κ2) is 9.03. The van der Waals surface area contributed by atoms with Crippen molar-refractivity contribution >= 4 is 82.4 Å². The summed E-state index contributed by atoms with van der Waals surface area (Å²) in [5, 5.41) is 5.99. The number of sulfonamides is 2. The number of hydrogen-bond donors (Lipinski definition) is 3. The first kappa shape index (κ1) is 23.7. The van der Waals surface area contributed by atoms with E-state index in [2.05, 4.69) is 14.8 Å². The van der Waals surface area contributed by atoms with E-state index < -0.39 is 20.0 Å². The summed E-state index contributed by atoms with van der Waals surface area (Å²) in [6.07, 6.45) is 0. The Hall–Kier alpha value is -2.50. The molecule has 3 N–H and O–H groups in total. The van der Waals surface area contributed by atoms with Gasteiger partial charge in [-0.2, -0.15) is 0 Å². The van der Waals surface area contributed by atoms with E-state index in [-0.39, 0.29) is 30.5 Å². The molecule has 0 bridgehead atoms. The fourth-order valence-corrected chi connectivity index (χ4v) is 6.94. The first-order valence-corrected chi connectivity index (χ1v) is 14.0. The zero-order valence-electron chi connectivity index (χ0n) is 17.0. The van der Waals surface area contributed by atoms with Crippen LogP contribution in [-0.2, 0) is 20.0 Å². The van der Waals surface area contributed by atoms with E-state index >= 15 is 0 Å². The van der Waals surface area contributed by atoms with E-state index in [4.69, 9.17) is 23.2 Å². The largest absolute Gasteiger partial charge is 0.388 e. The van der Waals surface area contributed by atoms with Gasteiger partial charge in [0.1, 0.15) is 4.21 Å². The van der Waals surface area contributed by atoms with Crippen molar-refractivity contribution in [3.8, 4) is 0 Å². The predicted molar refractivity (Wildman–Crippen MR) is 136 cm³/mol. The van der Waals surface area contributed by atoms with E-state index in [1.165, 1.54) is 24.3 Å². The third-order valence-corrected chi connectivity index (χ3v) is 9.66. The fraction of sp³-hybridized carbons (Fsp3) is 0.0476.